The number of hydrogen-bond donors (Lipinski definition) is 1. The molecule has 2 fully saturated rings. The van der Waals surface area contributed by atoms with Crippen molar-refractivity contribution in [3.63, 3.8) is 0 Å². The number of nitrogens with zero attached hydrogens (tertiary/aromatic N) is 2. The van der Waals surface area contributed by atoms with Gasteiger partial charge in [0.25, 0.3) is 5.91 Å². The number of imide groups is 1. The van der Waals surface area contributed by atoms with Crippen LogP contribution in [0.3, 0.4) is 0 Å². The number of para-hydroxylation sites is 2. The van der Waals surface area contributed by atoms with Gasteiger partial charge in [0.2, 0.25) is 11.8 Å². The van der Waals surface area contributed by atoms with Gasteiger partial charge in [0.1, 0.15) is 5.54 Å². The molecule has 1 spiro atoms. The van der Waals surface area contributed by atoms with Crippen LogP contribution in [0.1, 0.15) is 18.1 Å². The molecule has 3 aliphatic heterocycles. The predicted octanol–water partition coefficient (Wildman–Crippen LogP) is 3.82. The van der Waals surface area contributed by atoms with Crippen LogP contribution in [0, 0.1) is 11.8 Å². The number of nitrogens with one attached hydrogen (secondary N) is 1. The van der Waals surface area contributed by atoms with Crippen LogP contribution in [0.4, 0.5) is 11.4 Å². The van der Waals surface area contributed by atoms with Crippen molar-refractivity contribution >= 4 is 29.1 Å². The molecule has 4 atom stereocenters. The minimum absolute atomic E-state index is 0.201. The molecular weight excluding hydrogens is 450 g/mol. The van der Waals surface area contributed by atoms with Gasteiger partial charge in [-0.15, -0.1) is 0 Å². The Balaban J connectivity index is 1.52. The molecule has 6 heteroatoms. The second-order valence-electron chi connectivity index (χ2n) is 9.97. The van der Waals surface area contributed by atoms with E-state index in [-0.39, 0.29) is 23.8 Å². The molecule has 3 heterocycles. The lowest BCUT2D eigenvalue weighted by Gasteiger charge is -2.30. The monoisotopic (exact) mass is 477 g/mol. The Morgan fingerprint density at radius 1 is 0.889 bits per heavy atom. The quantitative estimate of drug-likeness (QED) is 0.448. The van der Waals surface area contributed by atoms with E-state index in [1.54, 1.807) is 17.0 Å². The number of anilines is 2. The van der Waals surface area contributed by atoms with Crippen LogP contribution < -0.4 is 15.1 Å². The van der Waals surface area contributed by atoms with Gasteiger partial charge in [-0.3, -0.25) is 19.7 Å². The van der Waals surface area contributed by atoms with E-state index in [2.05, 4.69) is 11.9 Å². The highest BCUT2D eigenvalue weighted by atomic mass is 16.2. The molecule has 0 radical (unpaired) electrons. The second kappa shape index (κ2) is 8.28. The lowest BCUT2D eigenvalue weighted by Crippen LogP contribution is -2.55. The average molecular weight is 478 g/mol. The molecule has 6 nitrogen and oxygen atoms in total. The third kappa shape index (κ3) is 3.11. The van der Waals surface area contributed by atoms with E-state index in [4.69, 9.17) is 0 Å². The van der Waals surface area contributed by atoms with Crippen molar-refractivity contribution in [1.29, 1.82) is 0 Å². The maximum absolute atomic E-state index is 14.3. The van der Waals surface area contributed by atoms with Crippen molar-refractivity contribution in [2.24, 2.45) is 11.8 Å². The van der Waals surface area contributed by atoms with Crippen LogP contribution in [0.2, 0.25) is 0 Å². The van der Waals surface area contributed by atoms with Gasteiger partial charge in [-0.25, -0.2) is 4.90 Å². The van der Waals surface area contributed by atoms with Gasteiger partial charge in [-0.1, -0.05) is 78.9 Å². The zero-order chi connectivity index (χ0) is 25.0. The molecule has 6 rings (SSSR count). The maximum atomic E-state index is 14.3. The van der Waals surface area contributed by atoms with E-state index in [0.29, 0.717) is 18.7 Å². The fraction of sp³-hybridized carbons (Fsp3) is 0.233. The molecule has 36 heavy (non-hydrogen) atoms. The maximum Gasteiger partial charge on any atom is 0.253 e. The summed E-state index contributed by atoms with van der Waals surface area (Å²) in [6.45, 7) is 6.25. The number of rotatable bonds is 5. The molecule has 0 bridgehead atoms. The Morgan fingerprint density at radius 2 is 1.53 bits per heavy atom. The largest absolute Gasteiger partial charge is 0.306 e. The fourth-order valence-electron chi connectivity index (χ4n) is 6.25. The van der Waals surface area contributed by atoms with Gasteiger partial charge in [-0.05, 0) is 37.1 Å². The van der Waals surface area contributed by atoms with Gasteiger partial charge in [0.15, 0.2) is 0 Å². The minimum Gasteiger partial charge on any atom is -0.306 e. The summed E-state index contributed by atoms with van der Waals surface area (Å²) in [5.41, 5.74) is 2.61. The van der Waals surface area contributed by atoms with Crippen LogP contribution in [0.15, 0.2) is 97.1 Å². The van der Waals surface area contributed by atoms with Crippen molar-refractivity contribution in [2.75, 3.05) is 16.3 Å². The first-order chi connectivity index (χ1) is 17.4. The van der Waals surface area contributed by atoms with Crippen molar-refractivity contribution < 1.29 is 14.4 Å². The first-order valence-electron chi connectivity index (χ1n) is 12.2. The fourth-order valence-corrected chi connectivity index (χ4v) is 6.25. The summed E-state index contributed by atoms with van der Waals surface area (Å²) in [7, 11) is 0. The highest BCUT2D eigenvalue weighted by molar-refractivity contribution is 6.26. The smallest absolute Gasteiger partial charge is 0.253 e. The van der Waals surface area contributed by atoms with Crippen molar-refractivity contribution in [2.45, 2.75) is 24.9 Å². The highest BCUT2D eigenvalue weighted by Gasteiger charge is 2.71. The van der Waals surface area contributed by atoms with Gasteiger partial charge < -0.3 is 4.90 Å². The van der Waals surface area contributed by atoms with E-state index >= 15 is 0 Å². The zero-order valence-corrected chi connectivity index (χ0v) is 20.1. The van der Waals surface area contributed by atoms with Crippen LogP contribution in [0.5, 0.6) is 0 Å². The highest BCUT2D eigenvalue weighted by Crippen LogP contribution is 2.55. The average Bonchev–Trinajstić information content (AvgIpc) is 3.44. The summed E-state index contributed by atoms with van der Waals surface area (Å²) >= 11 is 0. The van der Waals surface area contributed by atoms with Crippen molar-refractivity contribution in [3.8, 4) is 0 Å². The first kappa shape index (κ1) is 22.4. The van der Waals surface area contributed by atoms with Gasteiger partial charge >= 0.3 is 0 Å². The van der Waals surface area contributed by atoms with Crippen LogP contribution in [-0.2, 0) is 26.3 Å². The summed E-state index contributed by atoms with van der Waals surface area (Å²) in [5.74, 6) is -2.31. The number of carbonyl (C=O) groups is 3. The molecule has 3 aliphatic rings. The third-order valence-electron chi connectivity index (χ3n) is 7.61. The third-order valence-corrected chi connectivity index (χ3v) is 7.61. The predicted molar refractivity (Wildman–Crippen MR) is 138 cm³/mol. The van der Waals surface area contributed by atoms with Gasteiger partial charge in [0, 0.05) is 23.8 Å². The number of hydrogen-bond acceptors (Lipinski definition) is 4. The first-order valence-corrected chi connectivity index (χ1v) is 12.2. The summed E-state index contributed by atoms with van der Waals surface area (Å²) in [5, 5.41) is 3.57. The second-order valence-corrected chi connectivity index (χ2v) is 9.97. The molecule has 0 saturated carbocycles. The summed E-state index contributed by atoms with van der Waals surface area (Å²) < 4.78 is 0. The van der Waals surface area contributed by atoms with E-state index in [1.807, 2.05) is 79.7 Å². The molecule has 1 N–H and O–H groups in total. The van der Waals surface area contributed by atoms with Crippen LogP contribution in [0.25, 0.3) is 0 Å². The number of fused-ring (bicyclic) bond motifs is 4. The standard InChI is InChI=1S/C30H27N3O3/c1-19(2)18-32-24-16-10-9-15-22(24)30(29(32)36)26-25(23(31-30)17-20-11-5-3-6-12-20)27(34)33(28(26)35)21-13-7-4-8-14-21/h3-16,23,25-26,31H,1,17-18H2,2H3/t23-,25+,26+,30-/m0/s1. The molecule has 0 aliphatic carbocycles. The summed E-state index contributed by atoms with van der Waals surface area (Å²) in [4.78, 5) is 45.3. The molecule has 0 aromatic heterocycles. The van der Waals surface area contributed by atoms with Crippen molar-refractivity contribution in [3.05, 3.63) is 108 Å². The summed E-state index contributed by atoms with van der Waals surface area (Å²) in [6.07, 6.45) is 0.529. The molecule has 180 valence electrons. The van der Waals surface area contributed by atoms with Crippen LogP contribution >= 0.6 is 0 Å². The Kier molecular flexibility index (Phi) is 5.16. The number of amides is 3. The van der Waals surface area contributed by atoms with Crippen molar-refractivity contribution in [1.82, 2.24) is 5.32 Å². The molecule has 2 saturated heterocycles. The Labute approximate surface area is 210 Å². The molecule has 3 amide bonds. The normalized spacial score (nSPS) is 26.6. The SMILES string of the molecule is C=C(C)CN1C(=O)[C@]2(N[C@@H](Cc3ccccc3)[C@H]3C(=O)N(c4ccccc4)C(=O)[C@@H]32)c2ccccc21. The molecule has 3 aromatic rings. The van der Waals surface area contributed by atoms with Gasteiger partial charge in [0.05, 0.1) is 17.5 Å². The lowest BCUT2D eigenvalue weighted by atomic mass is 9.76. The molecule has 0 unspecified atom stereocenters. The lowest BCUT2D eigenvalue weighted by molar-refractivity contribution is -0.132. The Hall–Kier alpha value is -4.03. The number of carbonyl (C=O) groups excluding carboxylic acids is 3. The zero-order valence-electron chi connectivity index (χ0n) is 20.1. The van der Waals surface area contributed by atoms with Gasteiger partial charge in [-0.2, -0.15) is 0 Å². The number of benzene rings is 3. The Morgan fingerprint density at radius 3 is 2.22 bits per heavy atom. The van der Waals surface area contributed by atoms with E-state index in [9.17, 15) is 14.4 Å². The Bertz CT molecular complexity index is 1390. The molecule has 3 aromatic carbocycles. The topological polar surface area (TPSA) is 69.7 Å². The summed E-state index contributed by atoms with van der Waals surface area (Å²) in [6, 6.07) is 26.1. The van der Waals surface area contributed by atoms with E-state index in [0.717, 1.165) is 22.4 Å². The van der Waals surface area contributed by atoms with E-state index < -0.39 is 17.4 Å². The van der Waals surface area contributed by atoms with E-state index in [1.165, 1.54) is 4.90 Å². The van der Waals surface area contributed by atoms with Crippen LogP contribution in [-0.4, -0.2) is 30.3 Å². The minimum atomic E-state index is -1.31. The molecular formula is C30H27N3O3.